The summed E-state index contributed by atoms with van der Waals surface area (Å²) in [6.07, 6.45) is 1.70. The fourth-order valence-corrected chi connectivity index (χ4v) is 2.52. The molecule has 0 saturated carbocycles. The molecule has 1 heterocycles. The van der Waals surface area contributed by atoms with Crippen molar-refractivity contribution in [2.45, 2.75) is 6.54 Å². The van der Waals surface area contributed by atoms with Gasteiger partial charge in [-0.15, -0.1) is 0 Å². The number of hydrogen-bond acceptors (Lipinski definition) is 3. The Kier molecular flexibility index (Phi) is 3.56. The third-order valence-corrected chi connectivity index (χ3v) is 3.66. The first-order valence-corrected chi connectivity index (χ1v) is 7.15. The van der Waals surface area contributed by atoms with Gasteiger partial charge in [0.2, 0.25) is 0 Å². The van der Waals surface area contributed by atoms with Crippen LogP contribution in [-0.4, -0.2) is 4.98 Å². The summed E-state index contributed by atoms with van der Waals surface area (Å²) in [6, 6.07) is 16.2. The molecule has 4 heteroatoms. The Balaban J connectivity index is 1.97. The van der Waals surface area contributed by atoms with Crippen LogP contribution in [0.3, 0.4) is 0 Å². The highest BCUT2D eigenvalue weighted by Crippen LogP contribution is 2.30. The van der Waals surface area contributed by atoms with Crippen molar-refractivity contribution in [2.75, 3.05) is 11.1 Å². The lowest BCUT2D eigenvalue weighted by Gasteiger charge is -2.12. The van der Waals surface area contributed by atoms with Gasteiger partial charge >= 0.3 is 0 Å². The predicted octanol–water partition coefficient (Wildman–Crippen LogP) is 4.19. The molecule has 0 bridgehead atoms. The number of nitrogen functional groups attached to an aromatic ring is 1. The number of benzene rings is 2. The number of fused-ring (bicyclic) bond motifs is 1. The molecule has 20 heavy (non-hydrogen) atoms. The van der Waals surface area contributed by atoms with Gasteiger partial charge in [-0.1, -0.05) is 46.3 Å². The summed E-state index contributed by atoms with van der Waals surface area (Å²) in [4.78, 5) is 4.35. The normalized spacial score (nSPS) is 10.7. The standard InChI is InChI=1S/C16H14BrN3/c17-12-6-7-15-13(8-12)16(14(18)10-19-15)20-9-11-4-2-1-3-5-11/h1-8,10H,9,18H2,(H,19,20). The van der Waals surface area contributed by atoms with Gasteiger partial charge in [0.1, 0.15) is 0 Å². The average molecular weight is 328 g/mol. The number of halogens is 1. The van der Waals surface area contributed by atoms with E-state index in [9.17, 15) is 0 Å². The van der Waals surface area contributed by atoms with Crippen LogP contribution >= 0.6 is 15.9 Å². The van der Waals surface area contributed by atoms with Crippen molar-refractivity contribution in [3.05, 3.63) is 64.8 Å². The summed E-state index contributed by atoms with van der Waals surface area (Å²) in [5.41, 5.74) is 9.79. The van der Waals surface area contributed by atoms with E-state index < -0.39 is 0 Å². The van der Waals surface area contributed by atoms with Gasteiger partial charge < -0.3 is 11.1 Å². The van der Waals surface area contributed by atoms with Gasteiger partial charge in [0.05, 0.1) is 23.1 Å². The first kappa shape index (κ1) is 12.9. The second-order valence-corrected chi connectivity index (χ2v) is 5.50. The van der Waals surface area contributed by atoms with Gasteiger partial charge in [-0.25, -0.2) is 0 Å². The zero-order valence-corrected chi connectivity index (χ0v) is 12.4. The van der Waals surface area contributed by atoms with Gasteiger partial charge in [-0.3, -0.25) is 4.98 Å². The number of anilines is 2. The Bertz CT molecular complexity index is 736. The Hall–Kier alpha value is -2.07. The van der Waals surface area contributed by atoms with Crippen molar-refractivity contribution >= 4 is 38.2 Å². The minimum Gasteiger partial charge on any atom is -0.396 e. The van der Waals surface area contributed by atoms with Crippen LogP contribution in [0.25, 0.3) is 10.9 Å². The number of nitrogens with one attached hydrogen (secondary N) is 1. The molecule has 0 spiro atoms. The van der Waals surface area contributed by atoms with Crippen LogP contribution in [0, 0.1) is 0 Å². The lowest BCUT2D eigenvalue weighted by molar-refractivity contribution is 1.15. The summed E-state index contributed by atoms with van der Waals surface area (Å²) in [5, 5.41) is 4.44. The van der Waals surface area contributed by atoms with Crippen molar-refractivity contribution in [2.24, 2.45) is 0 Å². The SMILES string of the molecule is Nc1cnc2ccc(Br)cc2c1NCc1ccccc1. The molecule has 2 aromatic carbocycles. The Morgan fingerprint density at radius 3 is 2.70 bits per heavy atom. The van der Waals surface area contributed by atoms with Crippen LogP contribution in [0.4, 0.5) is 11.4 Å². The maximum atomic E-state index is 6.06. The second-order valence-electron chi connectivity index (χ2n) is 4.59. The molecule has 0 aliphatic rings. The van der Waals surface area contributed by atoms with Gasteiger partial charge in [0, 0.05) is 16.4 Å². The Morgan fingerprint density at radius 2 is 1.90 bits per heavy atom. The second kappa shape index (κ2) is 5.51. The quantitative estimate of drug-likeness (QED) is 0.758. The molecular formula is C16H14BrN3. The van der Waals surface area contributed by atoms with Gasteiger partial charge in [0.15, 0.2) is 0 Å². The van der Waals surface area contributed by atoms with Crippen LogP contribution in [0.2, 0.25) is 0 Å². The van der Waals surface area contributed by atoms with E-state index in [1.54, 1.807) is 6.20 Å². The highest BCUT2D eigenvalue weighted by molar-refractivity contribution is 9.10. The van der Waals surface area contributed by atoms with E-state index in [-0.39, 0.29) is 0 Å². The van der Waals surface area contributed by atoms with Gasteiger partial charge in [-0.2, -0.15) is 0 Å². The summed E-state index contributed by atoms with van der Waals surface area (Å²) in [6.45, 7) is 0.733. The van der Waals surface area contributed by atoms with Crippen molar-refractivity contribution in [3.63, 3.8) is 0 Å². The Morgan fingerprint density at radius 1 is 1.10 bits per heavy atom. The van der Waals surface area contributed by atoms with E-state index in [1.165, 1.54) is 5.56 Å². The van der Waals surface area contributed by atoms with E-state index in [2.05, 4.69) is 38.4 Å². The first-order valence-electron chi connectivity index (χ1n) is 6.35. The van der Waals surface area contributed by atoms with E-state index in [1.807, 2.05) is 36.4 Å². The summed E-state index contributed by atoms with van der Waals surface area (Å²) in [5.74, 6) is 0. The molecule has 0 radical (unpaired) electrons. The number of rotatable bonds is 3. The fourth-order valence-electron chi connectivity index (χ4n) is 2.16. The molecule has 0 aliphatic heterocycles. The minimum atomic E-state index is 0.659. The molecule has 100 valence electrons. The molecule has 0 saturated heterocycles. The average Bonchev–Trinajstić information content (AvgIpc) is 2.47. The summed E-state index contributed by atoms with van der Waals surface area (Å²) >= 11 is 3.49. The molecule has 3 aromatic rings. The van der Waals surface area contributed by atoms with Crippen LogP contribution in [0.1, 0.15) is 5.56 Å². The maximum Gasteiger partial charge on any atom is 0.0743 e. The molecule has 0 aliphatic carbocycles. The molecule has 0 unspecified atom stereocenters. The molecule has 0 fully saturated rings. The largest absolute Gasteiger partial charge is 0.396 e. The lowest BCUT2D eigenvalue weighted by Crippen LogP contribution is -2.03. The van der Waals surface area contributed by atoms with E-state index >= 15 is 0 Å². The first-order chi connectivity index (χ1) is 9.74. The van der Waals surface area contributed by atoms with E-state index in [4.69, 9.17) is 5.73 Å². The fraction of sp³-hybridized carbons (Fsp3) is 0.0625. The smallest absolute Gasteiger partial charge is 0.0743 e. The summed E-state index contributed by atoms with van der Waals surface area (Å²) in [7, 11) is 0. The highest BCUT2D eigenvalue weighted by Gasteiger charge is 2.07. The van der Waals surface area contributed by atoms with Crippen LogP contribution in [-0.2, 0) is 6.54 Å². The zero-order valence-electron chi connectivity index (χ0n) is 10.8. The lowest BCUT2D eigenvalue weighted by atomic mass is 10.1. The van der Waals surface area contributed by atoms with Crippen LogP contribution in [0.5, 0.6) is 0 Å². The van der Waals surface area contributed by atoms with Crippen molar-refractivity contribution in [1.82, 2.24) is 4.98 Å². The van der Waals surface area contributed by atoms with Crippen molar-refractivity contribution < 1.29 is 0 Å². The number of aromatic nitrogens is 1. The highest BCUT2D eigenvalue weighted by atomic mass is 79.9. The molecular weight excluding hydrogens is 314 g/mol. The molecule has 3 nitrogen and oxygen atoms in total. The minimum absolute atomic E-state index is 0.659. The molecule has 1 aromatic heterocycles. The molecule has 0 atom stereocenters. The van der Waals surface area contributed by atoms with Crippen LogP contribution in [0.15, 0.2) is 59.2 Å². The van der Waals surface area contributed by atoms with E-state index in [0.717, 1.165) is 27.6 Å². The van der Waals surface area contributed by atoms with Crippen molar-refractivity contribution in [1.29, 1.82) is 0 Å². The van der Waals surface area contributed by atoms with E-state index in [0.29, 0.717) is 5.69 Å². The predicted molar refractivity (Wildman–Crippen MR) is 87.6 cm³/mol. The number of pyridine rings is 1. The van der Waals surface area contributed by atoms with Crippen molar-refractivity contribution in [3.8, 4) is 0 Å². The third kappa shape index (κ3) is 2.60. The maximum absolute atomic E-state index is 6.06. The number of nitrogens with zero attached hydrogens (tertiary/aromatic N) is 1. The number of nitrogens with two attached hydrogens (primary N) is 1. The summed E-state index contributed by atoms with van der Waals surface area (Å²) < 4.78 is 1.01. The number of hydrogen-bond donors (Lipinski definition) is 2. The third-order valence-electron chi connectivity index (χ3n) is 3.17. The topological polar surface area (TPSA) is 50.9 Å². The molecule has 3 rings (SSSR count). The van der Waals surface area contributed by atoms with Gasteiger partial charge in [0.25, 0.3) is 0 Å². The monoisotopic (exact) mass is 327 g/mol. The molecule has 0 amide bonds. The Labute approximate surface area is 126 Å². The van der Waals surface area contributed by atoms with Crippen LogP contribution < -0.4 is 11.1 Å². The molecule has 3 N–H and O–H groups in total. The zero-order chi connectivity index (χ0) is 13.9. The van der Waals surface area contributed by atoms with Gasteiger partial charge in [-0.05, 0) is 23.8 Å².